The summed E-state index contributed by atoms with van der Waals surface area (Å²) < 4.78 is 103. The summed E-state index contributed by atoms with van der Waals surface area (Å²) in [4.78, 5) is 24.1. The lowest BCUT2D eigenvalue weighted by molar-refractivity contribution is -0.248. The van der Waals surface area contributed by atoms with Gasteiger partial charge in [0.05, 0.1) is 12.7 Å². The van der Waals surface area contributed by atoms with Gasteiger partial charge in [0.1, 0.15) is 5.75 Å². The van der Waals surface area contributed by atoms with E-state index in [0.29, 0.717) is 0 Å². The number of halogens is 5. The minimum atomic E-state index is -6.08. The molecule has 0 N–H and O–H groups in total. The van der Waals surface area contributed by atoms with Crippen LogP contribution < -0.4 is 4.74 Å². The maximum absolute atomic E-state index is 14.1. The molecule has 0 fully saturated rings. The molecule has 13 heteroatoms. The zero-order chi connectivity index (χ0) is 24.5. The number of ether oxygens (including phenoxy) is 2. The molecule has 0 heterocycles. The van der Waals surface area contributed by atoms with Crippen molar-refractivity contribution >= 4 is 32.8 Å². The molecule has 2 aromatic rings. The van der Waals surface area contributed by atoms with Gasteiger partial charge in [-0.05, 0) is 35.9 Å². The summed E-state index contributed by atoms with van der Waals surface area (Å²) in [5.74, 6) is -2.84. The summed E-state index contributed by atoms with van der Waals surface area (Å²) in [6, 6.07) is 7.38. The van der Waals surface area contributed by atoms with Gasteiger partial charge in [0.2, 0.25) is 0 Å². The van der Waals surface area contributed by atoms with Crippen LogP contribution in [0.5, 0.6) is 5.75 Å². The van der Waals surface area contributed by atoms with Gasteiger partial charge in [-0.2, -0.15) is 30.4 Å². The second kappa shape index (κ2) is 8.82. The zero-order valence-corrected chi connectivity index (χ0v) is 17.2. The van der Waals surface area contributed by atoms with E-state index in [4.69, 9.17) is 4.74 Å². The predicted octanol–water partition coefficient (Wildman–Crippen LogP) is 3.98. The fraction of sp³-hybridized carbons (Fsp3) is 0.263. The van der Waals surface area contributed by atoms with Crippen molar-refractivity contribution in [1.82, 2.24) is 0 Å². The van der Waals surface area contributed by atoms with Crippen LogP contribution in [0.2, 0.25) is 0 Å². The fourth-order valence-corrected chi connectivity index (χ4v) is 3.09. The Kier molecular flexibility index (Phi) is 6.95. The van der Waals surface area contributed by atoms with E-state index in [0.717, 1.165) is 12.1 Å². The van der Waals surface area contributed by atoms with Crippen molar-refractivity contribution in [3.8, 4) is 5.75 Å². The second-order valence-corrected chi connectivity index (χ2v) is 8.15. The lowest BCUT2D eigenvalue weighted by Gasteiger charge is -2.27. The number of carbonyl (C=O) groups is 2. The molecule has 0 saturated heterocycles. The van der Waals surface area contributed by atoms with Crippen LogP contribution in [-0.4, -0.2) is 45.0 Å². The Morgan fingerprint density at radius 1 is 1.06 bits per heavy atom. The Balaban J connectivity index is 2.52. The topological polar surface area (TPSA) is 96.0 Å². The fourth-order valence-electron chi connectivity index (χ4n) is 2.43. The number of esters is 2. The van der Waals surface area contributed by atoms with Gasteiger partial charge >= 0.3 is 33.5 Å². The first-order chi connectivity index (χ1) is 14.6. The molecule has 0 aromatic heterocycles. The van der Waals surface area contributed by atoms with Crippen LogP contribution in [0.1, 0.15) is 17.3 Å². The van der Waals surface area contributed by atoms with Crippen LogP contribution >= 0.6 is 0 Å². The van der Waals surface area contributed by atoms with Gasteiger partial charge < -0.3 is 9.47 Å². The molecule has 0 aliphatic heterocycles. The normalized spacial score (nSPS) is 13.5. The van der Waals surface area contributed by atoms with Crippen LogP contribution in [0.25, 0.3) is 10.8 Å². The largest absolute Gasteiger partial charge is 0.441 e. The van der Waals surface area contributed by atoms with Gasteiger partial charge in [0.15, 0.2) is 0 Å². The quantitative estimate of drug-likeness (QED) is 0.194. The number of benzene rings is 2. The highest BCUT2D eigenvalue weighted by molar-refractivity contribution is 7.87. The Morgan fingerprint density at radius 2 is 1.69 bits per heavy atom. The van der Waals surface area contributed by atoms with Crippen LogP contribution in [0.4, 0.5) is 22.0 Å². The van der Waals surface area contributed by atoms with Crippen molar-refractivity contribution in [2.45, 2.75) is 24.5 Å². The standard InChI is InChI=1S/C19H15F5O7S/c1-10(2)15(25)30-12-8-7-11-5-4-6-13(14(11)9-12)16(26)31-17(18(20,21)22)19(23,24)32(27,28)29-3/h4-9,17H,1H2,2-3H3. The van der Waals surface area contributed by atoms with E-state index >= 15 is 0 Å². The van der Waals surface area contributed by atoms with Crippen molar-refractivity contribution in [2.24, 2.45) is 0 Å². The van der Waals surface area contributed by atoms with Crippen molar-refractivity contribution in [2.75, 3.05) is 7.11 Å². The predicted molar refractivity (Wildman–Crippen MR) is 101 cm³/mol. The molecular weight excluding hydrogens is 467 g/mol. The number of fused-ring (bicyclic) bond motifs is 1. The SMILES string of the molecule is C=C(C)C(=O)Oc1ccc2cccc(C(=O)OC(C(F)(F)F)C(F)(F)S(=O)(=O)OC)c2c1. The van der Waals surface area contributed by atoms with Gasteiger partial charge in [-0.3, -0.25) is 4.18 Å². The van der Waals surface area contributed by atoms with E-state index in [-0.39, 0.29) is 29.2 Å². The molecule has 0 amide bonds. The summed E-state index contributed by atoms with van der Waals surface area (Å²) in [6.45, 7) is 4.74. The monoisotopic (exact) mass is 482 g/mol. The highest BCUT2D eigenvalue weighted by Crippen LogP contribution is 2.39. The van der Waals surface area contributed by atoms with Gasteiger partial charge in [0, 0.05) is 5.57 Å². The lowest BCUT2D eigenvalue weighted by atomic mass is 10.0. The van der Waals surface area contributed by atoms with Gasteiger partial charge in [0.25, 0.3) is 6.10 Å². The van der Waals surface area contributed by atoms with E-state index in [2.05, 4.69) is 15.5 Å². The summed E-state index contributed by atoms with van der Waals surface area (Å²) >= 11 is 0. The molecule has 0 aliphatic carbocycles. The first kappa shape index (κ1) is 25.2. The molecule has 0 saturated carbocycles. The summed E-state index contributed by atoms with van der Waals surface area (Å²) in [5, 5.41) is -5.49. The Hall–Kier alpha value is -3.06. The maximum atomic E-state index is 14.1. The molecule has 1 atom stereocenters. The molecule has 1 unspecified atom stereocenters. The van der Waals surface area contributed by atoms with E-state index < -0.39 is 45.2 Å². The molecular formula is C19H15F5O7S. The van der Waals surface area contributed by atoms with Gasteiger partial charge in [-0.1, -0.05) is 24.8 Å². The third kappa shape index (κ3) is 5.05. The highest BCUT2D eigenvalue weighted by Gasteiger charge is 2.66. The smallest absolute Gasteiger partial charge is 0.432 e. The van der Waals surface area contributed by atoms with Crippen molar-refractivity contribution in [1.29, 1.82) is 0 Å². The number of hydrogen-bond donors (Lipinski definition) is 0. The summed E-state index contributed by atoms with van der Waals surface area (Å²) in [6.07, 6.45) is -10.3. The lowest BCUT2D eigenvalue weighted by Crippen LogP contribution is -2.52. The van der Waals surface area contributed by atoms with Crippen molar-refractivity contribution in [3.05, 3.63) is 54.1 Å². The van der Waals surface area contributed by atoms with Crippen LogP contribution in [0.3, 0.4) is 0 Å². The number of carbonyl (C=O) groups excluding carboxylic acids is 2. The third-order valence-electron chi connectivity index (χ3n) is 4.01. The Labute approximate surface area is 178 Å². The van der Waals surface area contributed by atoms with Crippen molar-refractivity contribution < 1.29 is 53.6 Å². The average molecular weight is 482 g/mol. The average Bonchev–Trinajstić information content (AvgIpc) is 2.69. The Bertz CT molecular complexity index is 1170. The maximum Gasteiger partial charge on any atom is 0.432 e. The minimum Gasteiger partial charge on any atom is -0.441 e. The molecule has 0 bridgehead atoms. The molecule has 2 aromatic carbocycles. The minimum absolute atomic E-state index is 0.0346. The number of hydrogen-bond acceptors (Lipinski definition) is 7. The molecule has 0 spiro atoms. The molecule has 2 rings (SSSR count). The van der Waals surface area contributed by atoms with Crippen LogP contribution in [0.15, 0.2) is 48.6 Å². The number of rotatable bonds is 7. The Morgan fingerprint density at radius 3 is 2.22 bits per heavy atom. The van der Waals surface area contributed by atoms with Crippen LogP contribution in [-0.2, 0) is 23.8 Å². The molecule has 32 heavy (non-hydrogen) atoms. The molecule has 0 radical (unpaired) electrons. The van der Waals surface area contributed by atoms with Gasteiger partial charge in [-0.25, -0.2) is 9.59 Å². The van der Waals surface area contributed by atoms with E-state index in [9.17, 15) is 40.0 Å². The first-order valence-corrected chi connectivity index (χ1v) is 9.88. The molecule has 0 aliphatic rings. The van der Waals surface area contributed by atoms with Crippen molar-refractivity contribution in [3.63, 3.8) is 0 Å². The second-order valence-electron chi connectivity index (χ2n) is 6.37. The van der Waals surface area contributed by atoms with E-state index in [1.165, 1.54) is 31.2 Å². The highest BCUT2D eigenvalue weighted by atomic mass is 32.2. The molecule has 7 nitrogen and oxygen atoms in total. The summed E-state index contributed by atoms with van der Waals surface area (Å²) in [5.41, 5.74) is -0.581. The molecule has 174 valence electrons. The first-order valence-electron chi connectivity index (χ1n) is 8.48. The third-order valence-corrected chi connectivity index (χ3v) is 5.33. The van der Waals surface area contributed by atoms with E-state index in [1.54, 1.807) is 0 Å². The van der Waals surface area contributed by atoms with Gasteiger partial charge in [-0.15, -0.1) is 0 Å². The zero-order valence-electron chi connectivity index (χ0n) is 16.4. The van der Waals surface area contributed by atoms with E-state index in [1.807, 2.05) is 0 Å². The summed E-state index contributed by atoms with van der Waals surface area (Å²) in [7, 11) is -5.84. The number of alkyl halides is 5. The van der Waals surface area contributed by atoms with Crippen LogP contribution in [0, 0.1) is 0 Å².